The molecular weight excluding hydrogens is 292 g/mol. The average molecular weight is 314 g/mol. The van der Waals surface area contributed by atoms with Crippen LogP contribution in [0.3, 0.4) is 0 Å². The van der Waals surface area contributed by atoms with Gasteiger partial charge < -0.3 is 4.90 Å². The molecule has 2 heterocycles. The molecule has 0 radical (unpaired) electrons. The Labute approximate surface area is 136 Å². The number of carbonyl (C=O) groups is 1. The lowest BCUT2D eigenvalue weighted by molar-refractivity contribution is -0.129. The van der Waals surface area contributed by atoms with Crippen molar-refractivity contribution in [3.8, 4) is 0 Å². The summed E-state index contributed by atoms with van der Waals surface area (Å²) >= 11 is 1.59. The molecule has 0 bridgehead atoms. The lowest BCUT2D eigenvalue weighted by atomic mass is 10.1. The van der Waals surface area contributed by atoms with Gasteiger partial charge in [-0.05, 0) is 43.4 Å². The molecule has 1 aromatic carbocycles. The SMILES string of the molecule is CCc1cc2ccccc2nc1SCC(=O)N1CCCCC1. The van der Waals surface area contributed by atoms with E-state index in [1.807, 2.05) is 23.1 Å². The summed E-state index contributed by atoms with van der Waals surface area (Å²) in [5.74, 6) is 0.750. The molecule has 0 atom stereocenters. The third kappa shape index (κ3) is 3.43. The number of hydrogen-bond donors (Lipinski definition) is 0. The first-order valence-electron chi connectivity index (χ1n) is 8.07. The summed E-state index contributed by atoms with van der Waals surface area (Å²) < 4.78 is 0. The number of thioether (sulfide) groups is 1. The number of nitrogens with zero attached hydrogens (tertiary/aromatic N) is 2. The Hall–Kier alpha value is -1.55. The number of para-hydroxylation sites is 1. The zero-order valence-corrected chi connectivity index (χ0v) is 13.9. The van der Waals surface area contributed by atoms with E-state index >= 15 is 0 Å². The van der Waals surface area contributed by atoms with Crippen LogP contribution in [-0.4, -0.2) is 34.6 Å². The van der Waals surface area contributed by atoms with Crippen LogP contribution < -0.4 is 0 Å². The monoisotopic (exact) mass is 314 g/mol. The first-order chi connectivity index (χ1) is 10.8. The number of fused-ring (bicyclic) bond motifs is 1. The smallest absolute Gasteiger partial charge is 0.232 e. The summed E-state index contributed by atoms with van der Waals surface area (Å²) in [4.78, 5) is 19.1. The minimum Gasteiger partial charge on any atom is -0.342 e. The Morgan fingerprint density at radius 1 is 1.23 bits per heavy atom. The number of rotatable bonds is 4. The van der Waals surface area contributed by atoms with Crippen LogP contribution in [0.1, 0.15) is 31.7 Å². The number of benzene rings is 1. The maximum Gasteiger partial charge on any atom is 0.232 e. The third-order valence-corrected chi connectivity index (χ3v) is 5.20. The fraction of sp³-hybridized carbons (Fsp3) is 0.444. The van der Waals surface area contributed by atoms with E-state index in [1.165, 1.54) is 17.4 Å². The largest absolute Gasteiger partial charge is 0.342 e. The van der Waals surface area contributed by atoms with Gasteiger partial charge >= 0.3 is 0 Å². The van der Waals surface area contributed by atoms with Gasteiger partial charge in [-0.25, -0.2) is 4.98 Å². The highest BCUT2D eigenvalue weighted by Gasteiger charge is 2.17. The normalized spacial score (nSPS) is 15.2. The molecule has 1 aliphatic rings. The molecule has 1 saturated heterocycles. The summed E-state index contributed by atoms with van der Waals surface area (Å²) in [5, 5.41) is 2.18. The topological polar surface area (TPSA) is 33.2 Å². The summed E-state index contributed by atoms with van der Waals surface area (Å²) in [6.07, 6.45) is 4.48. The lowest BCUT2D eigenvalue weighted by Crippen LogP contribution is -2.36. The Balaban J connectivity index is 1.73. The van der Waals surface area contributed by atoms with Crippen LogP contribution in [0, 0.1) is 0 Å². The van der Waals surface area contributed by atoms with Crippen molar-refractivity contribution in [3.63, 3.8) is 0 Å². The molecule has 1 aliphatic heterocycles. The van der Waals surface area contributed by atoms with Gasteiger partial charge in [0.05, 0.1) is 11.3 Å². The molecule has 0 aliphatic carbocycles. The van der Waals surface area contributed by atoms with Crippen molar-refractivity contribution in [3.05, 3.63) is 35.9 Å². The van der Waals surface area contributed by atoms with Gasteiger partial charge in [0.25, 0.3) is 0 Å². The summed E-state index contributed by atoms with van der Waals surface area (Å²) in [6, 6.07) is 10.4. The number of piperidine rings is 1. The minimum atomic E-state index is 0.252. The maximum atomic E-state index is 12.3. The van der Waals surface area contributed by atoms with Crippen molar-refractivity contribution in [1.82, 2.24) is 9.88 Å². The maximum absolute atomic E-state index is 12.3. The molecule has 116 valence electrons. The van der Waals surface area contributed by atoms with Crippen LogP contribution in [0.5, 0.6) is 0 Å². The number of hydrogen-bond acceptors (Lipinski definition) is 3. The van der Waals surface area contributed by atoms with Crippen LogP contribution in [-0.2, 0) is 11.2 Å². The van der Waals surface area contributed by atoms with E-state index in [0.717, 1.165) is 42.9 Å². The van der Waals surface area contributed by atoms with E-state index in [9.17, 15) is 4.79 Å². The molecule has 22 heavy (non-hydrogen) atoms. The first-order valence-corrected chi connectivity index (χ1v) is 9.05. The molecule has 0 spiro atoms. The lowest BCUT2D eigenvalue weighted by Gasteiger charge is -2.26. The van der Waals surface area contributed by atoms with Crippen molar-refractivity contribution in [1.29, 1.82) is 0 Å². The standard InChI is InChI=1S/C18H22N2OS/c1-2-14-12-15-8-4-5-9-16(15)19-18(14)22-13-17(21)20-10-6-3-7-11-20/h4-5,8-9,12H,2-3,6-7,10-11,13H2,1H3. The molecule has 3 rings (SSSR count). The van der Waals surface area contributed by atoms with Crippen LogP contribution in [0.15, 0.2) is 35.4 Å². The number of aryl methyl sites for hydroxylation is 1. The molecule has 2 aromatic rings. The van der Waals surface area contributed by atoms with Crippen molar-refractivity contribution in [2.24, 2.45) is 0 Å². The predicted molar refractivity (Wildman–Crippen MR) is 92.3 cm³/mol. The van der Waals surface area contributed by atoms with E-state index in [4.69, 9.17) is 4.98 Å². The van der Waals surface area contributed by atoms with Gasteiger partial charge in [0.2, 0.25) is 5.91 Å². The zero-order chi connectivity index (χ0) is 15.4. The molecule has 4 heteroatoms. The van der Waals surface area contributed by atoms with Gasteiger partial charge in [0, 0.05) is 18.5 Å². The molecule has 1 aromatic heterocycles. The van der Waals surface area contributed by atoms with Crippen LogP contribution >= 0.6 is 11.8 Å². The van der Waals surface area contributed by atoms with Crippen molar-refractivity contribution >= 4 is 28.6 Å². The molecular formula is C18H22N2OS. The highest BCUT2D eigenvalue weighted by molar-refractivity contribution is 7.99. The van der Waals surface area contributed by atoms with Gasteiger partial charge in [0.15, 0.2) is 0 Å². The summed E-state index contributed by atoms with van der Waals surface area (Å²) in [5.41, 5.74) is 2.24. The number of amides is 1. The van der Waals surface area contributed by atoms with E-state index < -0.39 is 0 Å². The van der Waals surface area contributed by atoms with Gasteiger partial charge in [-0.1, -0.05) is 36.9 Å². The quantitative estimate of drug-likeness (QED) is 0.802. The van der Waals surface area contributed by atoms with Crippen LogP contribution in [0.4, 0.5) is 0 Å². The highest BCUT2D eigenvalue weighted by atomic mass is 32.2. The number of pyridine rings is 1. The van der Waals surface area contributed by atoms with E-state index in [2.05, 4.69) is 19.1 Å². The van der Waals surface area contributed by atoms with Gasteiger partial charge in [-0.2, -0.15) is 0 Å². The number of carbonyl (C=O) groups excluding carboxylic acids is 1. The molecule has 0 saturated carbocycles. The summed E-state index contributed by atoms with van der Waals surface area (Å²) in [6.45, 7) is 3.98. The average Bonchev–Trinajstić information content (AvgIpc) is 2.59. The Bertz CT molecular complexity index is 665. The highest BCUT2D eigenvalue weighted by Crippen LogP contribution is 2.26. The fourth-order valence-corrected chi connectivity index (χ4v) is 3.88. The molecule has 0 unspecified atom stereocenters. The van der Waals surface area contributed by atoms with Gasteiger partial charge in [0.1, 0.15) is 5.03 Å². The first kappa shape index (κ1) is 15.3. The van der Waals surface area contributed by atoms with Gasteiger partial charge in [-0.15, -0.1) is 0 Å². The van der Waals surface area contributed by atoms with Crippen LogP contribution in [0.2, 0.25) is 0 Å². The van der Waals surface area contributed by atoms with Crippen molar-refractivity contribution in [2.75, 3.05) is 18.8 Å². The zero-order valence-electron chi connectivity index (χ0n) is 13.0. The minimum absolute atomic E-state index is 0.252. The van der Waals surface area contributed by atoms with E-state index in [0.29, 0.717) is 5.75 Å². The van der Waals surface area contributed by atoms with E-state index in [-0.39, 0.29) is 5.91 Å². The Kier molecular flexibility index (Phi) is 4.98. The predicted octanol–water partition coefficient (Wildman–Crippen LogP) is 3.90. The molecule has 1 amide bonds. The van der Waals surface area contributed by atoms with E-state index in [1.54, 1.807) is 11.8 Å². The second-order valence-corrected chi connectivity index (χ2v) is 6.69. The molecule has 3 nitrogen and oxygen atoms in total. The summed E-state index contributed by atoms with van der Waals surface area (Å²) in [7, 11) is 0. The van der Waals surface area contributed by atoms with Crippen molar-refractivity contribution < 1.29 is 4.79 Å². The van der Waals surface area contributed by atoms with Gasteiger partial charge in [-0.3, -0.25) is 4.79 Å². The molecule has 0 N–H and O–H groups in total. The van der Waals surface area contributed by atoms with Crippen molar-refractivity contribution in [2.45, 2.75) is 37.6 Å². The Morgan fingerprint density at radius 3 is 2.77 bits per heavy atom. The third-order valence-electron chi connectivity index (χ3n) is 4.19. The van der Waals surface area contributed by atoms with Crippen LogP contribution in [0.25, 0.3) is 10.9 Å². The Morgan fingerprint density at radius 2 is 2.00 bits per heavy atom. The fourth-order valence-electron chi connectivity index (χ4n) is 2.89. The second kappa shape index (κ2) is 7.14. The number of likely N-dealkylation sites (tertiary alicyclic amines) is 1. The molecule has 1 fully saturated rings. The number of aromatic nitrogens is 1. The second-order valence-electron chi connectivity index (χ2n) is 5.73.